The summed E-state index contributed by atoms with van der Waals surface area (Å²) in [5.41, 5.74) is 6.42. The van der Waals surface area contributed by atoms with Crippen LogP contribution in [0, 0.1) is 0 Å². The zero-order valence-electron chi connectivity index (χ0n) is 11.0. The maximum absolute atomic E-state index is 9.30. The predicted molar refractivity (Wildman–Crippen MR) is 71.2 cm³/mol. The van der Waals surface area contributed by atoms with Crippen molar-refractivity contribution in [2.24, 2.45) is 5.73 Å². The van der Waals surface area contributed by atoms with Gasteiger partial charge in [0.1, 0.15) is 11.5 Å². The quantitative estimate of drug-likeness (QED) is 0.576. The molecule has 0 amide bonds. The summed E-state index contributed by atoms with van der Waals surface area (Å²) in [7, 11) is 3.27. The van der Waals surface area contributed by atoms with Crippen LogP contribution in [0.15, 0.2) is 18.2 Å². The third-order valence-electron chi connectivity index (χ3n) is 2.72. The molecule has 0 saturated heterocycles. The van der Waals surface area contributed by atoms with E-state index in [2.05, 4.69) is 5.32 Å². The number of nitrogens with two attached hydrogens (primary N) is 1. The van der Waals surface area contributed by atoms with Gasteiger partial charge < -0.3 is 25.6 Å². The molecule has 0 aromatic heterocycles. The fraction of sp³-hybridized carbons (Fsp3) is 0.538. The van der Waals surface area contributed by atoms with Crippen molar-refractivity contribution < 1.29 is 14.6 Å². The first-order chi connectivity index (χ1) is 8.71. The first kappa shape index (κ1) is 14.8. The second-order valence-electron chi connectivity index (χ2n) is 4.02. The first-order valence-electron chi connectivity index (χ1n) is 6.01. The Morgan fingerprint density at radius 2 is 2.11 bits per heavy atom. The summed E-state index contributed by atoms with van der Waals surface area (Å²) in [6.45, 7) is 1.55. The monoisotopic (exact) mass is 254 g/mol. The summed E-state index contributed by atoms with van der Waals surface area (Å²) in [6, 6.07) is 5.76. The van der Waals surface area contributed by atoms with E-state index in [1.807, 2.05) is 18.2 Å². The Morgan fingerprint density at radius 1 is 1.33 bits per heavy atom. The molecule has 0 aliphatic carbocycles. The summed E-state index contributed by atoms with van der Waals surface area (Å²) in [5, 5.41) is 12.4. The molecule has 0 aliphatic heterocycles. The zero-order valence-corrected chi connectivity index (χ0v) is 11.0. The lowest BCUT2D eigenvalue weighted by molar-refractivity contribution is 0.180. The van der Waals surface area contributed by atoms with Crippen LogP contribution in [-0.2, 0) is 6.42 Å². The van der Waals surface area contributed by atoms with Crippen LogP contribution in [0.4, 0.5) is 0 Å². The zero-order chi connectivity index (χ0) is 13.4. The molecular formula is C13H22N2O3. The number of aliphatic hydroxyl groups is 1. The molecule has 0 heterocycles. The molecule has 1 aromatic rings. The fourth-order valence-electron chi connectivity index (χ4n) is 1.63. The van der Waals surface area contributed by atoms with Crippen LogP contribution in [0.1, 0.15) is 5.56 Å². The van der Waals surface area contributed by atoms with Gasteiger partial charge in [-0.2, -0.15) is 0 Å². The standard InChI is InChI=1S/C13H22N2O3/c1-17-12-4-3-10(13(7-12)18-2)5-6-15-9-11(16)8-14/h3-4,7,11,15-16H,5-6,8-9,14H2,1-2H3. The highest BCUT2D eigenvalue weighted by Crippen LogP contribution is 2.24. The van der Waals surface area contributed by atoms with Crippen molar-refractivity contribution in [2.45, 2.75) is 12.5 Å². The molecule has 0 spiro atoms. The lowest BCUT2D eigenvalue weighted by Crippen LogP contribution is -2.33. The van der Waals surface area contributed by atoms with Gasteiger partial charge in [0.05, 0.1) is 20.3 Å². The molecule has 0 aliphatic rings. The van der Waals surface area contributed by atoms with Gasteiger partial charge in [-0.05, 0) is 24.6 Å². The van der Waals surface area contributed by atoms with Gasteiger partial charge >= 0.3 is 0 Å². The molecule has 0 bridgehead atoms. The number of rotatable bonds is 8. The maximum Gasteiger partial charge on any atom is 0.125 e. The van der Waals surface area contributed by atoms with Gasteiger partial charge in [-0.1, -0.05) is 6.07 Å². The molecule has 102 valence electrons. The topological polar surface area (TPSA) is 76.7 Å². The molecule has 1 aromatic carbocycles. The molecule has 0 saturated carbocycles. The van der Waals surface area contributed by atoms with Gasteiger partial charge in [0.25, 0.3) is 0 Å². The minimum Gasteiger partial charge on any atom is -0.497 e. The minimum absolute atomic E-state index is 0.277. The Kier molecular flexibility index (Phi) is 6.49. The highest BCUT2D eigenvalue weighted by molar-refractivity contribution is 5.40. The molecule has 1 unspecified atom stereocenters. The molecule has 5 heteroatoms. The van der Waals surface area contributed by atoms with E-state index in [9.17, 15) is 5.11 Å². The predicted octanol–water partition coefficient (Wildman–Crippen LogP) is 0.156. The molecule has 0 radical (unpaired) electrons. The van der Waals surface area contributed by atoms with E-state index in [4.69, 9.17) is 15.2 Å². The van der Waals surface area contributed by atoms with Crippen LogP contribution in [0.25, 0.3) is 0 Å². The van der Waals surface area contributed by atoms with E-state index >= 15 is 0 Å². The Bertz CT molecular complexity index is 358. The SMILES string of the molecule is COc1ccc(CCNCC(O)CN)c(OC)c1. The Hall–Kier alpha value is -1.30. The smallest absolute Gasteiger partial charge is 0.125 e. The van der Waals surface area contributed by atoms with Crippen molar-refractivity contribution in [3.63, 3.8) is 0 Å². The largest absolute Gasteiger partial charge is 0.497 e. The second-order valence-corrected chi connectivity index (χ2v) is 4.02. The van der Waals surface area contributed by atoms with Gasteiger partial charge in [0.15, 0.2) is 0 Å². The molecule has 18 heavy (non-hydrogen) atoms. The Labute approximate surface area is 108 Å². The Morgan fingerprint density at radius 3 is 2.72 bits per heavy atom. The van der Waals surface area contributed by atoms with Crippen LogP contribution < -0.4 is 20.5 Å². The minimum atomic E-state index is -0.484. The third-order valence-corrected chi connectivity index (χ3v) is 2.72. The molecule has 1 atom stereocenters. The van der Waals surface area contributed by atoms with Crippen LogP contribution in [-0.4, -0.2) is 45.1 Å². The van der Waals surface area contributed by atoms with Crippen molar-refractivity contribution in [1.82, 2.24) is 5.32 Å². The van der Waals surface area contributed by atoms with Crippen molar-refractivity contribution >= 4 is 0 Å². The van der Waals surface area contributed by atoms with Crippen LogP contribution >= 0.6 is 0 Å². The van der Waals surface area contributed by atoms with E-state index in [-0.39, 0.29) is 6.54 Å². The lowest BCUT2D eigenvalue weighted by atomic mass is 10.1. The fourth-order valence-corrected chi connectivity index (χ4v) is 1.63. The highest BCUT2D eigenvalue weighted by atomic mass is 16.5. The van der Waals surface area contributed by atoms with Crippen molar-refractivity contribution in [2.75, 3.05) is 33.9 Å². The van der Waals surface area contributed by atoms with E-state index in [1.54, 1.807) is 14.2 Å². The average Bonchev–Trinajstić information content (AvgIpc) is 2.43. The summed E-state index contributed by atoms with van der Waals surface area (Å²) in [4.78, 5) is 0. The molecular weight excluding hydrogens is 232 g/mol. The van der Waals surface area contributed by atoms with Crippen LogP contribution in [0.3, 0.4) is 0 Å². The van der Waals surface area contributed by atoms with Crippen molar-refractivity contribution in [1.29, 1.82) is 0 Å². The van der Waals surface area contributed by atoms with Crippen LogP contribution in [0.5, 0.6) is 11.5 Å². The normalized spacial score (nSPS) is 12.2. The van der Waals surface area contributed by atoms with E-state index in [0.29, 0.717) is 6.54 Å². The van der Waals surface area contributed by atoms with Gasteiger partial charge in [-0.25, -0.2) is 0 Å². The van der Waals surface area contributed by atoms with Gasteiger partial charge in [0, 0.05) is 19.2 Å². The van der Waals surface area contributed by atoms with Crippen molar-refractivity contribution in [3.8, 4) is 11.5 Å². The first-order valence-corrected chi connectivity index (χ1v) is 6.01. The Balaban J connectivity index is 2.46. The molecule has 4 N–H and O–H groups in total. The number of ether oxygens (including phenoxy) is 2. The second kappa shape index (κ2) is 7.92. The van der Waals surface area contributed by atoms with Gasteiger partial charge in [-0.3, -0.25) is 0 Å². The van der Waals surface area contributed by atoms with E-state index < -0.39 is 6.10 Å². The van der Waals surface area contributed by atoms with Crippen molar-refractivity contribution in [3.05, 3.63) is 23.8 Å². The third kappa shape index (κ3) is 4.52. The van der Waals surface area contributed by atoms with Gasteiger partial charge in [0.2, 0.25) is 0 Å². The van der Waals surface area contributed by atoms with Gasteiger partial charge in [-0.15, -0.1) is 0 Å². The number of methoxy groups -OCH3 is 2. The average molecular weight is 254 g/mol. The number of benzene rings is 1. The molecule has 0 fully saturated rings. The highest BCUT2D eigenvalue weighted by Gasteiger charge is 2.05. The number of hydrogen-bond acceptors (Lipinski definition) is 5. The summed E-state index contributed by atoms with van der Waals surface area (Å²) >= 11 is 0. The number of nitrogens with one attached hydrogen (secondary N) is 1. The van der Waals surface area contributed by atoms with Crippen LogP contribution in [0.2, 0.25) is 0 Å². The summed E-state index contributed by atoms with van der Waals surface area (Å²) in [5.74, 6) is 1.60. The lowest BCUT2D eigenvalue weighted by Gasteiger charge is -2.12. The molecule has 5 nitrogen and oxygen atoms in total. The molecule has 1 rings (SSSR count). The summed E-state index contributed by atoms with van der Waals surface area (Å²) in [6.07, 6.45) is 0.340. The summed E-state index contributed by atoms with van der Waals surface area (Å²) < 4.78 is 10.5. The van der Waals surface area contributed by atoms with E-state index in [0.717, 1.165) is 30.0 Å². The number of aliphatic hydroxyl groups excluding tert-OH is 1. The maximum atomic E-state index is 9.30. The van der Waals surface area contributed by atoms with E-state index in [1.165, 1.54) is 0 Å². The number of hydrogen-bond donors (Lipinski definition) is 3.